The van der Waals surface area contributed by atoms with Crippen LogP contribution in [-0.2, 0) is 4.84 Å². The average molecular weight is 313 g/mol. The Morgan fingerprint density at radius 2 is 1.52 bits per heavy atom. The third-order valence-electron chi connectivity index (χ3n) is 3.52. The Kier molecular flexibility index (Phi) is 3.75. The van der Waals surface area contributed by atoms with Crippen molar-refractivity contribution in [1.29, 1.82) is 0 Å². The molecule has 0 bridgehead atoms. The summed E-state index contributed by atoms with van der Waals surface area (Å²) in [5, 5.41) is 0.594. The standard InChI is InChI=1S/C17H12FNO4/c1-10(15(20)11-6-8-12(18)9-7-11)23-19-16(21)13-4-2-3-5-14(13)17(19)22/h2-10H,1H3. The second kappa shape index (κ2) is 5.73. The second-order valence-corrected chi connectivity index (χ2v) is 5.07. The Morgan fingerprint density at radius 3 is 2.04 bits per heavy atom. The highest BCUT2D eigenvalue weighted by atomic mass is 19.1. The minimum atomic E-state index is -1.07. The van der Waals surface area contributed by atoms with Crippen molar-refractivity contribution in [3.05, 3.63) is 71.0 Å². The van der Waals surface area contributed by atoms with Crippen molar-refractivity contribution >= 4 is 17.6 Å². The SMILES string of the molecule is CC(ON1C(=O)c2ccccc2C1=O)C(=O)c1ccc(F)cc1. The fourth-order valence-corrected chi connectivity index (χ4v) is 2.32. The molecule has 0 radical (unpaired) electrons. The zero-order valence-electron chi connectivity index (χ0n) is 12.2. The minimum Gasteiger partial charge on any atom is -0.291 e. The number of hydrogen-bond acceptors (Lipinski definition) is 4. The van der Waals surface area contributed by atoms with Gasteiger partial charge in [-0.05, 0) is 43.3 Å². The van der Waals surface area contributed by atoms with Crippen molar-refractivity contribution in [3.63, 3.8) is 0 Å². The van der Waals surface area contributed by atoms with Crippen molar-refractivity contribution in [2.75, 3.05) is 0 Å². The molecule has 1 aliphatic rings. The van der Waals surface area contributed by atoms with Gasteiger partial charge in [-0.2, -0.15) is 0 Å². The topological polar surface area (TPSA) is 63.7 Å². The zero-order valence-corrected chi connectivity index (χ0v) is 12.2. The van der Waals surface area contributed by atoms with E-state index in [0.29, 0.717) is 5.06 Å². The molecule has 23 heavy (non-hydrogen) atoms. The molecule has 5 nitrogen and oxygen atoms in total. The van der Waals surface area contributed by atoms with Gasteiger partial charge in [-0.1, -0.05) is 12.1 Å². The lowest BCUT2D eigenvalue weighted by Crippen LogP contribution is -2.36. The number of hydrogen-bond donors (Lipinski definition) is 0. The largest absolute Gasteiger partial charge is 0.291 e. The van der Waals surface area contributed by atoms with E-state index in [0.717, 1.165) is 12.1 Å². The number of Topliss-reactive ketones (excluding diaryl/α,β-unsaturated/α-hetero) is 1. The smallest absolute Gasteiger partial charge is 0.285 e. The molecule has 2 amide bonds. The highest BCUT2D eigenvalue weighted by molar-refractivity contribution is 6.20. The summed E-state index contributed by atoms with van der Waals surface area (Å²) in [5.41, 5.74) is 0.702. The van der Waals surface area contributed by atoms with E-state index in [-0.39, 0.29) is 16.7 Å². The molecule has 0 saturated carbocycles. The van der Waals surface area contributed by atoms with Crippen LogP contribution >= 0.6 is 0 Å². The number of fused-ring (bicyclic) bond motifs is 1. The van der Waals surface area contributed by atoms with E-state index >= 15 is 0 Å². The number of imide groups is 1. The first-order valence-corrected chi connectivity index (χ1v) is 6.93. The molecule has 3 rings (SSSR count). The van der Waals surface area contributed by atoms with E-state index in [1.807, 2.05) is 0 Å². The zero-order chi connectivity index (χ0) is 16.6. The van der Waals surface area contributed by atoms with Crippen molar-refractivity contribution in [3.8, 4) is 0 Å². The van der Waals surface area contributed by atoms with Crippen LogP contribution in [0.1, 0.15) is 38.0 Å². The number of amides is 2. The van der Waals surface area contributed by atoms with Gasteiger partial charge in [-0.25, -0.2) is 4.39 Å². The van der Waals surface area contributed by atoms with E-state index in [1.165, 1.54) is 31.2 Å². The molecule has 1 aliphatic heterocycles. The minimum absolute atomic E-state index is 0.232. The van der Waals surface area contributed by atoms with Gasteiger partial charge in [0.15, 0.2) is 5.78 Å². The van der Waals surface area contributed by atoms with Gasteiger partial charge in [0.25, 0.3) is 11.8 Å². The lowest BCUT2D eigenvalue weighted by atomic mass is 10.1. The van der Waals surface area contributed by atoms with Crippen molar-refractivity contribution in [2.45, 2.75) is 13.0 Å². The molecule has 0 fully saturated rings. The summed E-state index contributed by atoms with van der Waals surface area (Å²) in [6.07, 6.45) is -1.07. The molecule has 0 spiro atoms. The molecule has 6 heteroatoms. The molecular weight excluding hydrogens is 301 g/mol. The molecule has 0 saturated heterocycles. The van der Waals surface area contributed by atoms with Crippen LogP contribution in [0.2, 0.25) is 0 Å². The van der Waals surface area contributed by atoms with Gasteiger partial charge in [-0.3, -0.25) is 19.2 Å². The molecule has 1 atom stereocenters. The fraction of sp³-hybridized carbons (Fsp3) is 0.118. The predicted molar refractivity (Wildman–Crippen MR) is 78.2 cm³/mol. The molecule has 116 valence electrons. The Bertz CT molecular complexity index is 765. The lowest BCUT2D eigenvalue weighted by Gasteiger charge is -2.18. The number of halogens is 1. The van der Waals surface area contributed by atoms with Gasteiger partial charge < -0.3 is 0 Å². The Balaban J connectivity index is 1.77. The molecule has 0 aliphatic carbocycles. The quantitative estimate of drug-likeness (QED) is 0.643. The van der Waals surface area contributed by atoms with Crippen molar-refractivity contribution in [2.24, 2.45) is 0 Å². The first-order valence-electron chi connectivity index (χ1n) is 6.93. The predicted octanol–water partition coefficient (Wildman–Crippen LogP) is 2.62. The molecule has 1 heterocycles. The Labute approximate surface area is 131 Å². The van der Waals surface area contributed by atoms with Crippen LogP contribution in [0.15, 0.2) is 48.5 Å². The third kappa shape index (κ3) is 2.64. The third-order valence-corrected chi connectivity index (χ3v) is 3.52. The summed E-state index contributed by atoms with van der Waals surface area (Å²) in [6.45, 7) is 1.43. The number of ketones is 1. The maximum atomic E-state index is 12.9. The number of benzene rings is 2. The van der Waals surface area contributed by atoms with Crippen LogP contribution < -0.4 is 0 Å². The Morgan fingerprint density at radius 1 is 1.00 bits per heavy atom. The highest BCUT2D eigenvalue weighted by Crippen LogP contribution is 2.24. The molecule has 0 N–H and O–H groups in total. The highest BCUT2D eigenvalue weighted by Gasteiger charge is 2.38. The van der Waals surface area contributed by atoms with Crippen LogP contribution in [0.25, 0.3) is 0 Å². The molecule has 2 aromatic carbocycles. The summed E-state index contributed by atoms with van der Waals surface area (Å²) < 4.78 is 12.9. The molecular formula is C17H12FNO4. The van der Waals surface area contributed by atoms with Gasteiger partial charge in [0.1, 0.15) is 11.9 Å². The van der Waals surface area contributed by atoms with Crippen LogP contribution in [0, 0.1) is 5.82 Å². The van der Waals surface area contributed by atoms with Gasteiger partial charge in [0, 0.05) is 5.56 Å². The molecule has 2 aromatic rings. The number of carbonyl (C=O) groups is 3. The van der Waals surface area contributed by atoms with Crippen molar-refractivity contribution in [1.82, 2.24) is 5.06 Å². The van der Waals surface area contributed by atoms with E-state index in [9.17, 15) is 18.8 Å². The van der Waals surface area contributed by atoms with E-state index in [4.69, 9.17) is 4.84 Å². The summed E-state index contributed by atoms with van der Waals surface area (Å²) in [6, 6.07) is 11.3. The normalized spacial score (nSPS) is 14.8. The van der Waals surface area contributed by atoms with E-state index < -0.39 is 29.5 Å². The van der Waals surface area contributed by atoms with Crippen LogP contribution in [0.5, 0.6) is 0 Å². The Hall–Kier alpha value is -2.86. The van der Waals surface area contributed by atoms with Crippen molar-refractivity contribution < 1.29 is 23.6 Å². The summed E-state index contributed by atoms with van der Waals surface area (Å²) >= 11 is 0. The first-order chi connectivity index (χ1) is 11.0. The second-order valence-electron chi connectivity index (χ2n) is 5.07. The van der Waals surface area contributed by atoms with Crippen LogP contribution in [0.4, 0.5) is 4.39 Å². The maximum absolute atomic E-state index is 12.9. The molecule has 1 unspecified atom stereocenters. The fourth-order valence-electron chi connectivity index (χ4n) is 2.32. The van der Waals surface area contributed by atoms with E-state index in [2.05, 4.69) is 0 Å². The van der Waals surface area contributed by atoms with Gasteiger partial charge in [-0.15, -0.1) is 5.06 Å². The van der Waals surface area contributed by atoms with Gasteiger partial charge >= 0.3 is 0 Å². The first kappa shape index (κ1) is 15.1. The number of rotatable bonds is 4. The number of hydroxylamine groups is 2. The maximum Gasteiger partial charge on any atom is 0.285 e. The summed E-state index contributed by atoms with van der Waals surface area (Å²) in [5.74, 6) is -2.13. The summed E-state index contributed by atoms with van der Waals surface area (Å²) in [4.78, 5) is 41.8. The average Bonchev–Trinajstić information content (AvgIpc) is 2.80. The van der Waals surface area contributed by atoms with Crippen LogP contribution in [-0.4, -0.2) is 28.8 Å². The number of nitrogens with zero attached hydrogens (tertiary/aromatic N) is 1. The monoisotopic (exact) mass is 313 g/mol. The van der Waals surface area contributed by atoms with Gasteiger partial charge in [0.05, 0.1) is 11.1 Å². The number of carbonyl (C=O) groups excluding carboxylic acids is 3. The van der Waals surface area contributed by atoms with E-state index in [1.54, 1.807) is 12.1 Å². The summed E-state index contributed by atoms with van der Waals surface area (Å²) in [7, 11) is 0. The van der Waals surface area contributed by atoms with Gasteiger partial charge in [0.2, 0.25) is 0 Å². The molecule has 0 aromatic heterocycles. The van der Waals surface area contributed by atoms with Crippen LogP contribution in [0.3, 0.4) is 0 Å². The lowest BCUT2D eigenvalue weighted by molar-refractivity contribution is -0.112.